The molecule has 11 heteroatoms. The number of thiazole rings is 1. The minimum absolute atomic E-state index is 0. The van der Waals surface area contributed by atoms with Gasteiger partial charge in [-0.3, -0.25) is 9.69 Å². The van der Waals surface area contributed by atoms with E-state index in [1.807, 2.05) is 13.8 Å². The fourth-order valence-electron chi connectivity index (χ4n) is 3.47. The Morgan fingerprint density at radius 3 is 2.45 bits per heavy atom. The number of halogens is 4. The smallest absolute Gasteiger partial charge is 0.416 e. The highest BCUT2D eigenvalue weighted by Gasteiger charge is 2.32. The number of anilines is 1. The molecule has 0 saturated carbocycles. The summed E-state index contributed by atoms with van der Waals surface area (Å²) in [4.78, 5) is 21.5. The lowest BCUT2D eigenvalue weighted by Gasteiger charge is -2.25. The molecular weight excluding hydrogens is 479 g/mol. The van der Waals surface area contributed by atoms with E-state index in [4.69, 9.17) is 9.47 Å². The van der Waals surface area contributed by atoms with Crippen LogP contribution in [0.4, 0.5) is 18.3 Å². The van der Waals surface area contributed by atoms with Crippen LogP contribution in [0.15, 0.2) is 36.4 Å². The summed E-state index contributed by atoms with van der Waals surface area (Å²) in [6, 6.07) is 8.03. The number of aromatic nitrogens is 1. The molecule has 0 saturated heterocycles. The Morgan fingerprint density at radius 2 is 1.79 bits per heavy atom. The van der Waals surface area contributed by atoms with Crippen molar-refractivity contribution in [1.82, 2.24) is 9.88 Å². The molecule has 0 radical (unpaired) electrons. The van der Waals surface area contributed by atoms with Crippen LogP contribution in [0, 0.1) is 0 Å². The molecular formula is C22H23ClF3N3O3S. The molecule has 0 bridgehead atoms. The van der Waals surface area contributed by atoms with Gasteiger partial charge in [-0.25, -0.2) is 4.98 Å². The molecule has 1 aliphatic heterocycles. The average Bonchev–Trinajstić information content (AvgIpc) is 3.40. The van der Waals surface area contributed by atoms with Crippen LogP contribution in [0.1, 0.15) is 29.8 Å². The number of hydrogen-bond acceptors (Lipinski definition) is 6. The summed E-state index contributed by atoms with van der Waals surface area (Å²) in [6.45, 7) is 6.62. The van der Waals surface area contributed by atoms with Gasteiger partial charge in [-0.15, -0.1) is 12.4 Å². The van der Waals surface area contributed by atoms with E-state index < -0.39 is 17.6 Å². The zero-order valence-electron chi connectivity index (χ0n) is 18.0. The predicted octanol–water partition coefficient (Wildman–Crippen LogP) is 5.45. The Hall–Kier alpha value is -2.56. The van der Waals surface area contributed by atoms with E-state index in [2.05, 4.69) is 9.88 Å². The molecule has 0 aliphatic carbocycles. The molecule has 2 heterocycles. The summed E-state index contributed by atoms with van der Waals surface area (Å²) < 4.78 is 51.2. The highest BCUT2D eigenvalue weighted by Crippen LogP contribution is 2.40. The summed E-state index contributed by atoms with van der Waals surface area (Å²) >= 11 is 1.29. The zero-order chi connectivity index (χ0) is 22.9. The predicted molar refractivity (Wildman–Crippen MR) is 124 cm³/mol. The number of likely N-dealkylation sites (N-methyl/N-ethyl adjacent to an activating group) is 1. The third kappa shape index (κ3) is 5.34. The third-order valence-electron chi connectivity index (χ3n) is 5.32. The van der Waals surface area contributed by atoms with Gasteiger partial charge in [-0.1, -0.05) is 31.3 Å². The minimum Gasteiger partial charge on any atom is -0.454 e. The standard InChI is InChI=1S/C22H22F3N3O3S.ClH/c1-3-27(4-2)8-9-28(20(29)14-6-5-7-15(10-14)22(23,24)25)21-26-16-11-17-18(31-13-30-17)12-19(16)32-21;/h5-7,10-12H,3-4,8-9,13H2,1-2H3;1H. The van der Waals surface area contributed by atoms with Crippen LogP contribution in [0.5, 0.6) is 11.5 Å². The molecule has 0 fully saturated rings. The Kier molecular flexibility index (Phi) is 7.71. The van der Waals surface area contributed by atoms with Gasteiger partial charge < -0.3 is 14.4 Å². The first-order chi connectivity index (χ1) is 15.3. The van der Waals surface area contributed by atoms with Gasteiger partial charge in [-0.05, 0) is 31.3 Å². The Morgan fingerprint density at radius 1 is 1.09 bits per heavy atom. The molecule has 0 N–H and O–H groups in total. The molecule has 1 aliphatic rings. The van der Waals surface area contributed by atoms with Crippen molar-refractivity contribution in [3.63, 3.8) is 0 Å². The van der Waals surface area contributed by atoms with Crippen LogP contribution in [-0.4, -0.2) is 48.8 Å². The van der Waals surface area contributed by atoms with E-state index in [0.717, 1.165) is 29.9 Å². The second-order valence-corrected chi connectivity index (χ2v) is 8.24. The van der Waals surface area contributed by atoms with E-state index in [1.165, 1.54) is 28.4 Å². The third-order valence-corrected chi connectivity index (χ3v) is 6.36. The maximum Gasteiger partial charge on any atom is 0.416 e. The molecule has 4 rings (SSSR count). The number of carbonyl (C=O) groups is 1. The first kappa shape index (κ1) is 25.1. The first-order valence-electron chi connectivity index (χ1n) is 10.2. The fraction of sp³-hybridized carbons (Fsp3) is 0.364. The number of benzene rings is 2. The number of amides is 1. The van der Waals surface area contributed by atoms with Crippen molar-refractivity contribution < 1.29 is 27.4 Å². The second kappa shape index (κ2) is 10.1. The van der Waals surface area contributed by atoms with Crippen LogP contribution in [-0.2, 0) is 6.18 Å². The monoisotopic (exact) mass is 501 g/mol. The highest BCUT2D eigenvalue weighted by atomic mass is 35.5. The van der Waals surface area contributed by atoms with Gasteiger partial charge in [0.05, 0.1) is 15.8 Å². The maximum atomic E-state index is 13.3. The van der Waals surface area contributed by atoms with E-state index in [-0.39, 0.29) is 24.8 Å². The van der Waals surface area contributed by atoms with Crippen molar-refractivity contribution in [2.45, 2.75) is 20.0 Å². The van der Waals surface area contributed by atoms with Crippen LogP contribution >= 0.6 is 23.7 Å². The molecule has 6 nitrogen and oxygen atoms in total. The van der Waals surface area contributed by atoms with Crippen LogP contribution in [0.3, 0.4) is 0 Å². The Labute approximate surface area is 199 Å². The first-order valence-corrected chi connectivity index (χ1v) is 11.0. The summed E-state index contributed by atoms with van der Waals surface area (Å²) in [5.74, 6) is 0.655. The maximum absolute atomic E-state index is 13.3. The molecule has 0 spiro atoms. The molecule has 1 aromatic heterocycles. The minimum atomic E-state index is -4.53. The van der Waals surface area contributed by atoms with Crippen molar-refractivity contribution in [3.05, 3.63) is 47.5 Å². The zero-order valence-corrected chi connectivity index (χ0v) is 19.6. The van der Waals surface area contributed by atoms with Gasteiger partial charge in [0.25, 0.3) is 5.91 Å². The largest absolute Gasteiger partial charge is 0.454 e. The normalized spacial score (nSPS) is 12.8. The number of hydrogen-bond donors (Lipinski definition) is 0. The van der Waals surface area contributed by atoms with Gasteiger partial charge in [0.15, 0.2) is 16.6 Å². The average molecular weight is 502 g/mol. The summed E-state index contributed by atoms with van der Waals surface area (Å²) in [7, 11) is 0. The molecule has 3 aromatic rings. The van der Waals surface area contributed by atoms with Crippen molar-refractivity contribution in [3.8, 4) is 11.5 Å². The Balaban J connectivity index is 0.00000306. The van der Waals surface area contributed by atoms with E-state index in [9.17, 15) is 18.0 Å². The lowest BCUT2D eigenvalue weighted by molar-refractivity contribution is -0.137. The molecule has 0 unspecified atom stereocenters. The van der Waals surface area contributed by atoms with Crippen molar-refractivity contribution in [1.29, 1.82) is 0 Å². The van der Waals surface area contributed by atoms with Crippen molar-refractivity contribution in [2.75, 3.05) is 37.9 Å². The number of nitrogens with zero attached hydrogens (tertiary/aromatic N) is 3. The van der Waals surface area contributed by atoms with E-state index >= 15 is 0 Å². The van der Waals surface area contributed by atoms with Gasteiger partial charge in [0.1, 0.15) is 0 Å². The van der Waals surface area contributed by atoms with Gasteiger partial charge in [-0.2, -0.15) is 13.2 Å². The summed E-state index contributed by atoms with van der Waals surface area (Å²) in [6.07, 6.45) is -4.53. The van der Waals surface area contributed by atoms with E-state index in [0.29, 0.717) is 35.2 Å². The molecule has 178 valence electrons. The number of ether oxygens (including phenoxy) is 2. The number of carbonyl (C=O) groups excluding carboxylic acids is 1. The van der Waals surface area contributed by atoms with Gasteiger partial charge in [0.2, 0.25) is 6.79 Å². The number of fused-ring (bicyclic) bond motifs is 2. The lowest BCUT2D eigenvalue weighted by Crippen LogP contribution is -2.39. The van der Waals surface area contributed by atoms with Crippen molar-refractivity contribution in [2.24, 2.45) is 0 Å². The van der Waals surface area contributed by atoms with Crippen LogP contribution < -0.4 is 14.4 Å². The molecule has 2 aromatic carbocycles. The van der Waals surface area contributed by atoms with Crippen molar-refractivity contribution >= 4 is 45.0 Å². The quantitative estimate of drug-likeness (QED) is 0.430. The van der Waals surface area contributed by atoms with Gasteiger partial charge >= 0.3 is 6.18 Å². The highest BCUT2D eigenvalue weighted by molar-refractivity contribution is 7.22. The van der Waals surface area contributed by atoms with E-state index in [1.54, 1.807) is 12.1 Å². The summed E-state index contributed by atoms with van der Waals surface area (Å²) in [5, 5.41) is 0.415. The van der Waals surface area contributed by atoms with Crippen LogP contribution in [0.25, 0.3) is 10.2 Å². The molecule has 1 amide bonds. The second-order valence-electron chi connectivity index (χ2n) is 7.23. The molecule has 33 heavy (non-hydrogen) atoms. The van der Waals surface area contributed by atoms with Gasteiger partial charge in [0, 0.05) is 30.8 Å². The summed E-state index contributed by atoms with van der Waals surface area (Å²) in [5.41, 5.74) is -0.256. The molecule has 0 atom stereocenters. The SMILES string of the molecule is CCN(CC)CCN(C(=O)c1cccc(C(F)(F)F)c1)c1nc2cc3c(cc2s1)OCO3.Cl. The topological polar surface area (TPSA) is 54.9 Å². The number of rotatable bonds is 7. The fourth-order valence-corrected chi connectivity index (χ4v) is 4.47. The Bertz CT molecular complexity index is 1090. The number of alkyl halides is 3. The van der Waals surface area contributed by atoms with Crippen LogP contribution in [0.2, 0.25) is 0 Å². The lowest BCUT2D eigenvalue weighted by atomic mass is 10.1.